The number of rotatable bonds is 5. The molecular formula is C42H45Cl5N4O2. The predicted octanol–water partition coefficient (Wildman–Crippen LogP) is 15.6. The third-order valence-electron chi connectivity index (χ3n) is 8.67. The first-order valence-electron chi connectivity index (χ1n) is 17.1. The van der Waals surface area contributed by atoms with Crippen molar-refractivity contribution < 1.29 is 9.59 Å². The number of carbonyl (C=O) groups is 2. The number of benzene rings is 2. The van der Waals surface area contributed by atoms with Gasteiger partial charge in [-0.25, -0.2) is 0 Å². The van der Waals surface area contributed by atoms with Gasteiger partial charge in [-0.05, 0) is 74.8 Å². The highest BCUT2D eigenvalue weighted by molar-refractivity contribution is 6.52. The van der Waals surface area contributed by atoms with Crippen molar-refractivity contribution in [1.29, 1.82) is 0 Å². The standard InChI is InChI=1S/C42H45Cl5N4O2/c1-39(2,3)25-15-22(16-26(37(25)52)40(4,5)6)20-48-50-30-14-13-24(19-29(30)43)31-32(44)34(46)36(35(47)33(31)45)51-49-21-23-17-27(41(7,8)9)38(53)28(18-23)42(10,11)12/h13-21H,1-12H3/b50-48+,51-49+. The summed E-state index contributed by atoms with van der Waals surface area (Å²) in [5.74, 6) is 0.0615. The summed E-state index contributed by atoms with van der Waals surface area (Å²) in [5.41, 5.74) is 4.23. The largest absolute Gasteiger partial charge is 0.289 e. The molecule has 0 fully saturated rings. The quantitative estimate of drug-likeness (QED) is 0.222. The monoisotopic (exact) mass is 812 g/mol. The van der Waals surface area contributed by atoms with Gasteiger partial charge in [-0.3, -0.25) is 9.59 Å². The molecule has 0 aliphatic heterocycles. The molecule has 0 spiro atoms. The highest BCUT2D eigenvalue weighted by Gasteiger charge is 2.35. The van der Waals surface area contributed by atoms with Crippen molar-refractivity contribution in [2.24, 2.45) is 42.1 Å². The Hall–Kier alpha value is -3.13. The number of azo groups is 2. The lowest BCUT2D eigenvalue weighted by molar-refractivity contribution is -0.114. The van der Waals surface area contributed by atoms with Crippen LogP contribution in [0.25, 0.3) is 11.1 Å². The molecule has 6 nitrogen and oxygen atoms in total. The van der Waals surface area contributed by atoms with Crippen LogP contribution in [0, 0.1) is 21.7 Å². The maximum atomic E-state index is 13.3. The van der Waals surface area contributed by atoms with Crippen LogP contribution in [0.1, 0.15) is 83.1 Å². The van der Waals surface area contributed by atoms with Gasteiger partial charge >= 0.3 is 0 Å². The van der Waals surface area contributed by atoms with E-state index in [1.54, 1.807) is 30.6 Å². The van der Waals surface area contributed by atoms with E-state index in [1.807, 2.05) is 107 Å². The van der Waals surface area contributed by atoms with Gasteiger partial charge in [0.25, 0.3) is 0 Å². The van der Waals surface area contributed by atoms with Crippen LogP contribution in [0.15, 0.2) is 109 Å². The molecule has 2 aliphatic rings. The molecule has 11 heteroatoms. The molecule has 0 saturated carbocycles. The van der Waals surface area contributed by atoms with Gasteiger partial charge in [-0.2, -0.15) is 10.2 Å². The van der Waals surface area contributed by atoms with Crippen molar-refractivity contribution >= 4 is 80.9 Å². The lowest BCUT2D eigenvalue weighted by Gasteiger charge is -2.31. The normalized spacial score (nSPS) is 16.3. The fraction of sp³-hybridized carbons (Fsp3) is 0.381. The molecule has 53 heavy (non-hydrogen) atoms. The maximum Gasteiger partial charge on any atom is 0.186 e. The van der Waals surface area contributed by atoms with Crippen LogP contribution in [-0.4, -0.2) is 11.6 Å². The second kappa shape index (κ2) is 15.5. The molecule has 2 aromatic rings. The molecule has 4 rings (SSSR count). The zero-order valence-electron chi connectivity index (χ0n) is 32.2. The fourth-order valence-corrected chi connectivity index (χ4v) is 7.05. The minimum Gasteiger partial charge on any atom is -0.289 e. The Bertz CT molecular complexity index is 2040. The number of hydrogen-bond acceptors (Lipinski definition) is 6. The van der Waals surface area contributed by atoms with Crippen molar-refractivity contribution in [2.45, 2.75) is 83.1 Å². The minimum absolute atomic E-state index is 0.0188. The van der Waals surface area contributed by atoms with Crippen LogP contribution in [-0.2, 0) is 9.59 Å². The molecule has 280 valence electrons. The molecule has 0 heterocycles. The third-order valence-corrected chi connectivity index (χ3v) is 10.7. The van der Waals surface area contributed by atoms with E-state index in [0.29, 0.717) is 44.7 Å². The zero-order valence-corrected chi connectivity index (χ0v) is 36.0. The average molecular weight is 815 g/mol. The van der Waals surface area contributed by atoms with Crippen LogP contribution in [0.5, 0.6) is 0 Å². The first-order valence-corrected chi connectivity index (χ1v) is 19.0. The van der Waals surface area contributed by atoms with Gasteiger partial charge in [0.15, 0.2) is 11.6 Å². The average Bonchev–Trinajstić information content (AvgIpc) is 3.01. The van der Waals surface area contributed by atoms with E-state index < -0.39 is 0 Å². The molecule has 0 amide bonds. The van der Waals surface area contributed by atoms with E-state index in [2.05, 4.69) is 20.5 Å². The summed E-state index contributed by atoms with van der Waals surface area (Å²) in [7, 11) is 0. The van der Waals surface area contributed by atoms with E-state index in [-0.39, 0.29) is 64.0 Å². The zero-order chi connectivity index (χ0) is 40.0. The van der Waals surface area contributed by atoms with Crippen molar-refractivity contribution in [1.82, 2.24) is 0 Å². The summed E-state index contributed by atoms with van der Waals surface area (Å²) in [4.78, 5) is 26.5. The molecule has 0 aromatic heterocycles. The summed E-state index contributed by atoms with van der Waals surface area (Å²) < 4.78 is 0. The summed E-state index contributed by atoms with van der Waals surface area (Å²) in [6.45, 7) is 24.1. The van der Waals surface area contributed by atoms with Gasteiger partial charge in [0, 0.05) is 27.9 Å². The summed E-state index contributed by atoms with van der Waals surface area (Å²) >= 11 is 33.6. The Kier molecular flexibility index (Phi) is 12.5. The molecule has 0 saturated heterocycles. The van der Waals surface area contributed by atoms with Crippen molar-refractivity contribution in [3.8, 4) is 11.1 Å². The molecule has 0 atom stereocenters. The van der Waals surface area contributed by atoms with Crippen LogP contribution in [0.3, 0.4) is 0 Å². The Balaban J connectivity index is 1.67. The maximum absolute atomic E-state index is 13.3. The number of carbonyl (C=O) groups excluding carboxylic acids is 2. The molecular weight excluding hydrogens is 770 g/mol. The molecule has 0 N–H and O–H groups in total. The topological polar surface area (TPSA) is 83.6 Å². The van der Waals surface area contributed by atoms with Crippen LogP contribution >= 0.6 is 58.0 Å². The first kappa shape index (κ1) is 42.6. The number of hydrogen-bond donors (Lipinski definition) is 0. The highest BCUT2D eigenvalue weighted by Crippen LogP contribution is 2.51. The third kappa shape index (κ3) is 9.58. The van der Waals surface area contributed by atoms with E-state index in [9.17, 15) is 9.59 Å². The predicted molar refractivity (Wildman–Crippen MR) is 222 cm³/mol. The fourth-order valence-electron chi connectivity index (χ4n) is 5.70. The van der Waals surface area contributed by atoms with Gasteiger partial charge in [-0.1, -0.05) is 147 Å². The van der Waals surface area contributed by atoms with Gasteiger partial charge in [0.05, 0.1) is 37.5 Å². The molecule has 2 aromatic carbocycles. The highest BCUT2D eigenvalue weighted by atomic mass is 35.5. The number of ketones is 2. The van der Waals surface area contributed by atoms with E-state index in [4.69, 9.17) is 58.0 Å². The SMILES string of the molecule is CC(C)(C)C1=CC(=C/N=N/c2ccc(-c3c(Cl)c(Cl)c(/N=N/C=C4C=C(C(C)(C)C)C(=O)C(C(C)(C)C)=C4)c(Cl)c3Cl)cc2Cl)C=C(C(C)(C)C)C1=O. The Morgan fingerprint density at radius 3 is 1.21 bits per heavy atom. The molecule has 0 bridgehead atoms. The van der Waals surface area contributed by atoms with Gasteiger partial charge in [-0.15, -0.1) is 10.2 Å². The number of nitrogens with zero attached hydrogens (tertiary/aromatic N) is 4. The second-order valence-electron chi connectivity index (χ2n) is 17.2. The van der Waals surface area contributed by atoms with E-state index in [0.717, 1.165) is 5.57 Å². The molecule has 2 aliphatic carbocycles. The van der Waals surface area contributed by atoms with E-state index >= 15 is 0 Å². The molecule has 0 unspecified atom stereocenters. The number of Topliss-reactive ketones (excluding diaryl/α,β-unsaturated/α-hetero) is 2. The first-order chi connectivity index (χ1) is 24.2. The number of allylic oxidation sites excluding steroid dienone is 10. The van der Waals surface area contributed by atoms with Gasteiger partial charge in [0.1, 0.15) is 11.4 Å². The van der Waals surface area contributed by atoms with Crippen molar-refractivity contribution in [3.63, 3.8) is 0 Å². The van der Waals surface area contributed by atoms with Gasteiger partial charge < -0.3 is 0 Å². The smallest absolute Gasteiger partial charge is 0.186 e. The minimum atomic E-state index is -0.372. The Morgan fingerprint density at radius 2 is 0.868 bits per heavy atom. The van der Waals surface area contributed by atoms with Crippen LogP contribution in [0.2, 0.25) is 25.1 Å². The summed E-state index contributed by atoms with van der Waals surface area (Å²) in [6, 6.07) is 5.06. The Morgan fingerprint density at radius 1 is 0.509 bits per heavy atom. The lowest BCUT2D eigenvalue weighted by atomic mass is 9.72. The lowest BCUT2D eigenvalue weighted by Crippen LogP contribution is -2.27. The second-order valence-corrected chi connectivity index (χ2v) is 19.1. The summed E-state index contributed by atoms with van der Waals surface area (Å²) in [5, 5.41) is 17.8. The molecule has 0 radical (unpaired) electrons. The van der Waals surface area contributed by atoms with Crippen molar-refractivity contribution in [2.75, 3.05) is 0 Å². The van der Waals surface area contributed by atoms with Crippen LogP contribution < -0.4 is 0 Å². The number of halogens is 5. The van der Waals surface area contributed by atoms with E-state index in [1.165, 1.54) is 0 Å². The summed E-state index contributed by atoms with van der Waals surface area (Å²) in [6.07, 6.45) is 10.5. The van der Waals surface area contributed by atoms with Crippen LogP contribution in [0.4, 0.5) is 11.4 Å². The van der Waals surface area contributed by atoms with Gasteiger partial charge in [0.2, 0.25) is 0 Å². The van der Waals surface area contributed by atoms with Crippen molar-refractivity contribution in [3.05, 3.63) is 113 Å². The Labute approximate surface area is 338 Å².